The molecule has 120 valence electrons. The van der Waals surface area contributed by atoms with Crippen molar-refractivity contribution in [1.29, 1.82) is 0 Å². The molecular weight excluding hydrogens is 302 g/mol. The van der Waals surface area contributed by atoms with E-state index in [1.165, 1.54) is 11.0 Å². The molecule has 0 saturated carbocycles. The number of halogens is 2. The Hall–Kier alpha value is -2.50. The molecule has 0 unspecified atom stereocenters. The third-order valence-corrected chi connectivity index (χ3v) is 3.79. The van der Waals surface area contributed by atoms with Gasteiger partial charge in [-0.1, -0.05) is 6.07 Å². The van der Waals surface area contributed by atoms with Gasteiger partial charge in [-0.2, -0.15) is 0 Å². The number of ether oxygens (including phenoxy) is 1. The summed E-state index contributed by atoms with van der Waals surface area (Å²) in [6.45, 7) is 0.762. The van der Waals surface area contributed by atoms with Crippen molar-refractivity contribution in [1.82, 2.24) is 9.88 Å². The lowest BCUT2D eigenvalue weighted by Gasteiger charge is -2.33. The fourth-order valence-corrected chi connectivity index (χ4v) is 2.69. The van der Waals surface area contributed by atoms with E-state index in [9.17, 15) is 13.6 Å². The van der Waals surface area contributed by atoms with Gasteiger partial charge in [0, 0.05) is 18.9 Å². The zero-order chi connectivity index (χ0) is 16.2. The number of nitrogens with zero attached hydrogens (tertiary/aromatic N) is 2. The number of benzene rings is 1. The number of likely N-dealkylation sites (tertiary alicyclic amines) is 1. The monoisotopic (exact) mass is 318 g/mol. The van der Waals surface area contributed by atoms with Gasteiger partial charge in [-0.25, -0.2) is 8.78 Å². The molecule has 3 rings (SSSR count). The summed E-state index contributed by atoms with van der Waals surface area (Å²) >= 11 is 0. The molecule has 0 spiro atoms. The summed E-state index contributed by atoms with van der Waals surface area (Å²) in [6, 6.07) is 6.89. The average molecular weight is 318 g/mol. The number of amides is 1. The molecule has 0 bridgehead atoms. The van der Waals surface area contributed by atoms with Gasteiger partial charge in [-0.05, 0) is 37.1 Å². The molecule has 1 atom stereocenters. The molecule has 2 heterocycles. The summed E-state index contributed by atoms with van der Waals surface area (Å²) < 4.78 is 33.4. The Morgan fingerprint density at radius 3 is 2.57 bits per heavy atom. The fraction of sp³-hybridized carbons (Fsp3) is 0.294. The Kier molecular flexibility index (Phi) is 4.50. The predicted octanol–water partition coefficient (Wildman–Crippen LogP) is 3.04. The quantitative estimate of drug-likeness (QED) is 0.873. The largest absolute Gasteiger partial charge is 0.488 e. The third kappa shape index (κ3) is 3.47. The first-order valence-electron chi connectivity index (χ1n) is 7.45. The van der Waals surface area contributed by atoms with E-state index < -0.39 is 23.1 Å². The van der Waals surface area contributed by atoms with Gasteiger partial charge in [-0.3, -0.25) is 9.78 Å². The van der Waals surface area contributed by atoms with Crippen molar-refractivity contribution in [3.63, 3.8) is 0 Å². The van der Waals surface area contributed by atoms with Crippen molar-refractivity contribution in [2.24, 2.45) is 0 Å². The molecule has 1 saturated heterocycles. The van der Waals surface area contributed by atoms with Gasteiger partial charge < -0.3 is 9.64 Å². The molecule has 1 aliphatic heterocycles. The molecule has 1 aromatic heterocycles. The number of carbonyl (C=O) groups is 1. The second-order valence-corrected chi connectivity index (χ2v) is 5.41. The first kappa shape index (κ1) is 15.4. The van der Waals surface area contributed by atoms with E-state index in [-0.39, 0.29) is 6.10 Å². The molecule has 0 aliphatic carbocycles. The number of rotatable bonds is 3. The second-order valence-electron chi connectivity index (χ2n) is 5.41. The minimum Gasteiger partial charge on any atom is -0.488 e. The van der Waals surface area contributed by atoms with Gasteiger partial charge >= 0.3 is 0 Å². The van der Waals surface area contributed by atoms with Crippen LogP contribution in [0.15, 0.2) is 42.7 Å². The van der Waals surface area contributed by atoms with E-state index in [1.807, 2.05) is 0 Å². The zero-order valence-corrected chi connectivity index (χ0v) is 12.4. The molecule has 1 amide bonds. The average Bonchev–Trinajstić information content (AvgIpc) is 2.56. The third-order valence-electron chi connectivity index (χ3n) is 3.79. The van der Waals surface area contributed by atoms with Crippen molar-refractivity contribution in [2.75, 3.05) is 13.1 Å². The lowest BCUT2D eigenvalue weighted by Crippen LogP contribution is -2.44. The molecule has 0 N–H and O–H groups in total. The van der Waals surface area contributed by atoms with Gasteiger partial charge in [0.2, 0.25) is 0 Å². The minimum atomic E-state index is -0.841. The highest BCUT2D eigenvalue weighted by Gasteiger charge is 2.28. The van der Waals surface area contributed by atoms with Gasteiger partial charge in [0.1, 0.15) is 29.1 Å². The SMILES string of the molecule is O=C(c1c(F)cccc1F)N1CCC[C@H](Oc2ccncc2)C1. The summed E-state index contributed by atoms with van der Waals surface area (Å²) in [5.74, 6) is -1.65. The molecule has 2 aromatic rings. The highest BCUT2D eigenvalue weighted by atomic mass is 19.1. The van der Waals surface area contributed by atoms with Crippen LogP contribution in [0.1, 0.15) is 23.2 Å². The van der Waals surface area contributed by atoms with Crippen LogP contribution in [0, 0.1) is 11.6 Å². The predicted molar refractivity (Wildman–Crippen MR) is 80.1 cm³/mol. The lowest BCUT2D eigenvalue weighted by molar-refractivity contribution is 0.0529. The first-order valence-corrected chi connectivity index (χ1v) is 7.45. The van der Waals surface area contributed by atoms with E-state index in [1.54, 1.807) is 24.5 Å². The number of hydrogen-bond donors (Lipinski definition) is 0. The van der Waals surface area contributed by atoms with Crippen LogP contribution in [-0.2, 0) is 0 Å². The maximum Gasteiger partial charge on any atom is 0.259 e. The van der Waals surface area contributed by atoms with Crippen LogP contribution in [0.3, 0.4) is 0 Å². The van der Waals surface area contributed by atoms with Gasteiger partial charge in [0.15, 0.2) is 0 Å². The standard InChI is InChI=1S/C17H16F2N2O2/c18-14-4-1-5-15(19)16(14)17(22)21-10-2-3-13(11-21)23-12-6-8-20-9-7-12/h1,4-9,13H,2-3,10-11H2/t13-/m0/s1. The molecular formula is C17H16F2N2O2. The van der Waals surface area contributed by atoms with Crippen molar-refractivity contribution >= 4 is 5.91 Å². The Labute approximate surface area is 132 Å². The normalized spacial score (nSPS) is 17.8. The van der Waals surface area contributed by atoms with E-state index in [0.29, 0.717) is 18.8 Å². The maximum atomic E-state index is 13.8. The van der Waals surface area contributed by atoms with Gasteiger partial charge in [0.25, 0.3) is 5.91 Å². The van der Waals surface area contributed by atoms with Crippen LogP contribution in [-0.4, -0.2) is 35.0 Å². The molecule has 6 heteroatoms. The number of carbonyl (C=O) groups excluding carboxylic acids is 1. The van der Waals surface area contributed by atoms with Crippen molar-refractivity contribution in [3.8, 4) is 5.75 Å². The van der Waals surface area contributed by atoms with E-state index in [4.69, 9.17) is 4.74 Å². The van der Waals surface area contributed by atoms with Crippen LogP contribution < -0.4 is 4.74 Å². The van der Waals surface area contributed by atoms with Crippen molar-refractivity contribution in [3.05, 3.63) is 59.9 Å². The summed E-state index contributed by atoms with van der Waals surface area (Å²) in [5, 5.41) is 0. The molecule has 1 aromatic carbocycles. The maximum absolute atomic E-state index is 13.8. The summed E-state index contributed by atoms with van der Waals surface area (Å²) in [5.41, 5.74) is -0.503. The first-order chi connectivity index (χ1) is 11.1. The minimum absolute atomic E-state index is 0.204. The van der Waals surface area contributed by atoms with Crippen LogP contribution in [0.4, 0.5) is 8.78 Å². The highest BCUT2D eigenvalue weighted by molar-refractivity contribution is 5.94. The fourth-order valence-electron chi connectivity index (χ4n) is 2.69. The van der Waals surface area contributed by atoms with Crippen molar-refractivity contribution < 1.29 is 18.3 Å². The zero-order valence-electron chi connectivity index (χ0n) is 12.4. The number of hydrogen-bond acceptors (Lipinski definition) is 3. The molecule has 0 radical (unpaired) electrons. The second kappa shape index (κ2) is 6.73. The van der Waals surface area contributed by atoms with Gasteiger partial charge in [-0.15, -0.1) is 0 Å². The Morgan fingerprint density at radius 1 is 1.17 bits per heavy atom. The Bertz CT molecular complexity index is 674. The van der Waals surface area contributed by atoms with E-state index in [0.717, 1.165) is 25.0 Å². The topological polar surface area (TPSA) is 42.4 Å². The van der Waals surface area contributed by atoms with Crippen LogP contribution in [0.2, 0.25) is 0 Å². The molecule has 1 aliphatic rings. The van der Waals surface area contributed by atoms with Gasteiger partial charge in [0.05, 0.1) is 6.54 Å². The van der Waals surface area contributed by atoms with Crippen LogP contribution in [0.25, 0.3) is 0 Å². The highest BCUT2D eigenvalue weighted by Crippen LogP contribution is 2.21. The molecule has 4 nitrogen and oxygen atoms in total. The molecule has 23 heavy (non-hydrogen) atoms. The molecule has 1 fully saturated rings. The lowest BCUT2D eigenvalue weighted by atomic mass is 10.1. The van der Waals surface area contributed by atoms with Crippen molar-refractivity contribution in [2.45, 2.75) is 18.9 Å². The number of pyridine rings is 1. The van der Waals surface area contributed by atoms with Crippen LogP contribution in [0.5, 0.6) is 5.75 Å². The summed E-state index contributed by atoms with van der Waals surface area (Å²) in [7, 11) is 0. The summed E-state index contributed by atoms with van der Waals surface area (Å²) in [6.07, 6.45) is 4.54. The number of aromatic nitrogens is 1. The number of piperidine rings is 1. The Morgan fingerprint density at radius 2 is 1.87 bits per heavy atom. The Balaban J connectivity index is 1.72. The van der Waals surface area contributed by atoms with E-state index >= 15 is 0 Å². The smallest absolute Gasteiger partial charge is 0.259 e. The van der Waals surface area contributed by atoms with E-state index in [2.05, 4.69) is 4.98 Å². The van der Waals surface area contributed by atoms with Crippen LogP contribution >= 0.6 is 0 Å². The summed E-state index contributed by atoms with van der Waals surface area (Å²) in [4.78, 5) is 17.8.